The molecular formula is C10H13NS. The minimum atomic E-state index is 0.390. The van der Waals surface area contributed by atoms with Crippen molar-refractivity contribution in [3.8, 4) is 0 Å². The Hall–Kier alpha value is -0.470. The summed E-state index contributed by atoms with van der Waals surface area (Å²) in [6, 6.07) is 10.6. The largest absolute Gasteiger partial charge is 0.277 e. The molecule has 1 aromatic rings. The lowest BCUT2D eigenvalue weighted by Crippen LogP contribution is -2.09. The molecule has 0 unspecified atom stereocenters. The van der Waals surface area contributed by atoms with Gasteiger partial charge in [-0.25, -0.2) is 0 Å². The zero-order chi connectivity index (χ0) is 8.44. The van der Waals surface area contributed by atoms with E-state index in [1.807, 2.05) is 0 Å². The van der Waals surface area contributed by atoms with Crippen LogP contribution in [-0.4, -0.2) is 4.75 Å². The topological polar surface area (TPSA) is 26.0 Å². The van der Waals surface area contributed by atoms with Gasteiger partial charge in [-0.2, -0.15) is 0 Å². The van der Waals surface area contributed by atoms with Crippen LogP contribution in [0, 0.1) is 0 Å². The van der Waals surface area contributed by atoms with Gasteiger partial charge < -0.3 is 0 Å². The lowest BCUT2D eigenvalue weighted by molar-refractivity contribution is 0.889. The molecule has 12 heavy (non-hydrogen) atoms. The molecule has 2 heteroatoms. The van der Waals surface area contributed by atoms with Gasteiger partial charge in [0.2, 0.25) is 0 Å². The highest BCUT2D eigenvalue weighted by Crippen LogP contribution is 2.48. The fourth-order valence-corrected chi connectivity index (χ4v) is 2.03. The van der Waals surface area contributed by atoms with Crippen molar-refractivity contribution in [3.63, 3.8) is 0 Å². The molecule has 64 valence electrons. The van der Waals surface area contributed by atoms with Crippen LogP contribution in [0.5, 0.6) is 0 Å². The number of nitrogens with two attached hydrogens (primary N) is 1. The fourth-order valence-electron chi connectivity index (χ4n) is 1.44. The maximum absolute atomic E-state index is 5.63. The third-order valence-corrected chi connectivity index (χ3v) is 3.48. The van der Waals surface area contributed by atoms with Gasteiger partial charge in [0.1, 0.15) is 0 Å². The Morgan fingerprint density at radius 3 is 2.42 bits per heavy atom. The predicted octanol–water partition coefficient (Wildman–Crippen LogP) is 2.37. The summed E-state index contributed by atoms with van der Waals surface area (Å²) in [5.74, 6) is 0. The van der Waals surface area contributed by atoms with E-state index in [1.54, 1.807) is 0 Å². The fraction of sp³-hybridized carbons (Fsp3) is 0.400. The maximum atomic E-state index is 5.63. The highest BCUT2D eigenvalue weighted by molar-refractivity contribution is 7.98. The normalized spacial score (nSPS) is 19.1. The Balaban J connectivity index is 2.04. The van der Waals surface area contributed by atoms with Crippen molar-refractivity contribution in [2.45, 2.75) is 24.0 Å². The first kappa shape index (κ1) is 8.14. The average molecular weight is 179 g/mol. The van der Waals surface area contributed by atoms with Gasteiger partial charge in [-0.1, -0.05) is 42.3 Å². The zero-order valence-electron chi connectivity index (χ0n) is 6.99. The first-order valence-electron chi connectivity index (χ1n) is 4.26. The second-order valence-electron chi connectivity index (χ2n) is 3.46. The summed E-state index contributed by atoms with van der Waals surface area (Å²) in [6.07, 6.45) is 3.70. The van der Waals surface area contributed by atoms with E-state index in [9.17, 15) is 0 Å². The zero-order valence-corrected chi connectivity index (χ0v) is 7.81. The van der Waals surface area contributed by atoms with Crippen LogP contribution in [0.25, 0.3) is 0 Å². The molecule has 0 spiro atoms. The van der Waals surface area contributed by atoms with E-state index in [0.29, 0.717) is 4.75 Å². The Morgan fingerprint density at radius 2 is 1.92 bits per heavy atom. The summed E-state index contributed by atoms with van der Waals surface area (Å²) in [7, 11) is 0. The molecule has 1 aliphatic carbocycles. The van der Waals surface area contributed by atoms with Crippen LogP contribution < -0.4 is 5.14 Å². The molecule has 1 fully saturated rings. The first-order valence-corrected chi connectivity index (χ1v) is 5.14. The van der Waals surface area contributed by atoms with E-state index in [4.69, 9.17) is 5.14 Å². The van der Waals surface area contributed by atoms with Gasteiger partial charge in [-0.3, -0.25) is 5.14 Å². The van der Waals surface area contributed by atoms with E-state index in [0.717, 1.165) is 6.42 Å². The molecule has 0 bridgehead atoms. The Bertz CT molecular complexity index is 254. The number of rotatable bonds is 3. The van der Waals surface area contributed by atoms with Crippen molar-refractivity contribution in [1.82, 2.24) is 0 Å². The van der Waals surface area contributed by atoms with Gasteiger partial charge >= 0.3 is 0 Å². The Labute approximate surface area is 77.5 Å². The maximum Gasteiger partial charge on any atom is 0.0344 e. The number of hydrogen-bond donors (Lipinski definition) is 1. The molecule has 1 aromatic carbocycles. The summed E-state index contributed by atoms with van der Waals surface area (Å²) in [5, 5.41) is 5.63. The van der Waals surface area contributed by atoms with E-state index in [1.165, 1.54) is 30.4 Å². The quantitative estimate of drug-likeness (QED) is 0.721. The van der Waals surface area contributed by atoms with Gasteiger partial charge in [-0.15, -0.1) is 0 Å². The van der Waals surface area contributed by atoms with Crippen molar-refractivity contribution in [1.29, 1.82) is 0 Å². The molecule has 1 saturated carbocycles. The molecular weight excluding hydrogens is 166 g/mol. The van der Waals surface area contributed by atoms with Crippen LogP contribution in [0.4, 0.5) is 0 Å². The van der Waals surface area contributed by atoms with E-state index >= 15 is 0 Å². The van der Waals surface area contributed by atoms with Crippen LogP contribution in [0.1, 0.15) is 18.4 Å². The summed E-state index contributed by atoms with van der Waals surface area (Å²) in [5.41, 5.74) is 1.41. The summed E-state index contributed by atoms with van der Waals surface area (Å²) >= 11 is 1.53. The minimum Gasteiger partial charge on any atom is -0.277 e. The Morgan fingerprint density at radius 1 is 1.25 bits per heavy atom. The van der Waals surface area contributed by atoms with Gasteiger partial charge in [0.05, 0.1) is 0 Å². The van der Waals surface area contributed by atoms with Crippen molar-refractivity contribution in [3.05, 3.63) is 35.9 Å². The van der Waals surface area contributed by atoms with Crippen molar-refractivity contribution in [2.75, 3.05) is 0 Å². The van der Waals surface area contributed by atoms with E-state index in [2.05, 4.69) is 30.3 Å². The molecule has 0 aromatic heterocycles. The van der Waals surface area contributed by atoms with Crippen LogP contribution in [0.15, 0.2) is 30.3 Å². The molecule has 0 heterocycles. The molecule has 0 saturated heterocycles. The predicted molar refractivity (Wildman–Crippen MR) is 53.9 cm³/mol. The molecule has 2 rings (SSSR count). The highest BCUT2D eigenvalue weighted by Gasteiger charge is 2.42. The van der Waals surface area contributed by atoms with Gasteiger partial charge in [0.25, 0.3) is 0 Å². The first-order chi connectivity index (χ1) is 5.85. The third kappa shape index (κ3) is 1.65. The Kier molecular flexibility index (Phi) is 2.11. The van der Waals surface area contributed by atoms with Crippen LogP contribution in [0.2, 0.25) is 0 Å². The summed E-state index contributed by atoms with van der Waals surface area (Å²) in [4.78, 5) is 0. The minimum absolute atomic E-state index is 0.390. The van der Waals surface area contributed by atoms with Gasteiger partial charge in [-0.05, 0) is 24.8 Å². The van der Waals surface area contributed by atoms with E-state index < -0.39 is 0 Å². The lowest BCUT2D eigenvalue weighted by Gasteiger charge is -2.10. The van der Waals surface area contributed by atoms with Gasteiger partial charge in [0.15, 0.2) is 0 Å². The molecule has 1 aliphatic rings. The number of hydrogen-bond acceptors (Lipinski definition) is 2. The van der Waals surface area contributed by atoms with Crippen molar-refractivity contribution >= 4 is 11.9 Å². The molecule has 0 amide bonds. The summed E-state index contributed by atoms with van der Waals surface area (Å²) < 4.78 is 0.390. The SMILES string of the molecule is NSC1(Cc2ccccc2)CC1. The molecule has 2 N–H and O–H groups in total. The molecule has 1 nitrogen and oxygen atoms in total. The summed E-state index contributed by atoms with van der Waals surface area (Å²) in [6.45, 7) is 0. The van der Waals surface area contributed by atoms with Crippen molar-refractivity contribution in [2.24, 2.45) is 5.14 Å². The third-order valence-electron chi connectivity index (χ3n) is 2.43. The van der Waals surface area contributed by atoms with Crippen LogP contribution in [-0.2, 0) is 6.42 Å². The molecule has 0 atom stereocenters. The number of benzene rings is 1. The second-order valence-corrected chi connectivity index (χ2v) is 4.56. The smallest absolute Gasteiger partial charge is 0.0344 e. The van der Waals surface area contributed by atoms with Crippen LogP contribution >= 0.6 is 11.9 Å². The second kappa shape index (κ2) is 3.11. The van der Waals surface area contributed by atoms with E-state index in [-0.39, 0.29) is 0 Å². The van der Waals surface area contributed by atoms with Crippen molar-refractivity contribution < 1.29 is 0 Å². The van der Waals surface area contributed by atoms with Gasteiger partial charge in [0, 0.05) is 4.75 Å². The monoisotopic (exact) mass is 179 g/mol. The molecule has 0 radical (unpaired) electrons. The van der Waals surface area contributed by atoms with Crippen LogP contribution in [0.3, 0.4) is 0 Å². The standard InChI is InChI=1S/C10H13NS/c11-12-10(6-7-10)8-9-4-2-1-3-5-9/h1-5H,6-8,11H2. The molecule has 0 aliphatic heterocycles. The highest BCUT2D eigenvalue weighted by atomic mass is 32.2. The lowest BCUT2D eigenvalue weighted by atomic mass is 10.1. The average Bonchev–Trinajstić information content (AvgIpc) is 2.88.